The van der Waals surface area contributed by atoms with Crippen LogP contribution in [-0.2, 0) is 4.79 Å². The third-order valence-corrected chi connectivity index (χ3v) is 3.08. The number of hydrogen-bond donors (Lipinski definition) is 2. The van der Waals surface area contributed by atoms with E-state index >= 15 is 0 Å². The van der Waals surface area contributed by atoms with Gasteiger partial charge < -0.3 is 10.4 Å². The molecule has 0 aliphatic rings. The van der Waals surface area contributed by atoms with Crippen LogP contribution in [0.2, 0.25) is 0 Å². The lowest BCUT2D eigenvalue weighted by Crippen LogP contribution is -2.23. The molecule has 0 saturated carbocycles. The Hall–Kier alpha value is -0.990. The quantitative estimate of drug-likeness (QED) is 0.626. The maximum Gasteiger partial charge on any atom is 0.333 e. The molecule has 0 rings (SSSR count). The number of carboxylic acid groups (broad SMARTS) is 1. The molecule has 0 bridgehead atoms. The molecule has 1 atom stereocenters. The summed E-state index contributed by atoms with van der Waals surface area (Å²) in [6.07, 6.45) is 4.84. The first-order chi connectivity index (χ1) is 7.52. The first-order valence-corrected chi connectivity index (χ1v) is 6.17. The Kier molecular flexibility index (Phi) is 7.69. The molecule has 3 heteroatoms. The van der Waals surface area contributed by atoms with E-state index in [1.165, 1.54) is 19.3 Å². The molecule has 0 aromatic rings. The van der Waals surface area contributed by atoms with E-state index in [4.69, 9.17) is 5.11 Å². The summed E-state index contributed by atoms with van der Waals surface area (Å²) in [5.74, 6) is -0.192. The van der Waals surface area contributed by atoms with Crippen LogP contribution < -0.4 is 5.32 Å². The summed E-state index contributed by atoms with van der Waals surface area (Å²) in [4.78, 5) is 10.7. The van der Waals surface area contributed by atoms with E-state index < -0.39 is 5.97 Å². The molecular weight excluding hydrogens is 202 g/mol. The van der Waals surface area contributed by atoms with E-state index in [1.807, 2.05) is 6.92 Å². The van der Waals surface area contributed by atoms with Gasteiger partial charge in [-0.3, -0.25) is 0 Å². The van der Waals surface area contributed by atoms with E-state index in [9.17, 15) is 4.79 Å². The topological polar surface area (TPSA) is 49.3 Å². The lowest BCUT2D eigenvalue weighted by molar-refractivity contribution is -0.132. The Morgan fingerprint density at radius 2 is 1.94 bits per heavy atom. The number of hydrogen-bond acceptors (Lipinski definition) is 2. The number of aliphatic carboxylic acids is 1. The average molecular weight is 227 g/mol. The van der Waals surface area contributed by atoms with Crippen molar-refractivity contribution in [1.82, 2.24) is 5.32 Å². The van der Waals surface area contributed by atoms with Crippen molar-refractivity contribution in [2.24, 2.45) is 5.92 Å². The van der Waals surface area contributed by atoms with E-state index in [0.29, 0.717) is 11.5 Å². The Labute approximate surface area is 98.9 Å². The second-order valence-electron chi connectivity index (χ2n) is 4.35. The molecule has 0 aliphatic carbocycles. The Morgan fingerprint density at radius 3 is 2.38 bits per heavy atom. The zero-order valence-corrected chi connectivity index (χ0v) is 11.0. The van der Waals surface area contributed by atoms with Crippen molar-refractivity contribution in [2.45, 2.75) is 53.4 Å². The normalized spacial score (nSPS) is 14.2. The highest BCUT2D eigenvalue weighted by Gasteiger charge is 2.08. The minimum Gasteiger partial charge on any atom is -0.478 e. The van der Waals surface area contributed by atoms with Crippen LogP contribution in [0.4, 0.5) is 0 Å². The standard InChI is InChI=1S/C13H25NO2/c1-5-7-8-12(6-2)9-14-11(4)10(3)13(15)16/h12,14H,5-9H2,1-4H3,(H,15,16)/b11-10-. The van der Waals surface area contributed by atoms with Gasteiger partial charge in [0, 0.05) is 12.2 Å². The predicted molar refractivity (Wildman–Crippen MR) is 67.3 cm³/mol. The number of nitrogens with one attached hydrogen (secondary N) is 1. The molecule has 94 valence electrons. The largest absolute Gasteiger partial charge is 0.478 e. The number of allylic oxidation sites excluding steroid dienone is 1. The third-order valence-electron chi connectivity index (χ3n) is 3.08. The number of carbonyl (C=O) groups is 1. The Morgan fingerprint density at radius 1 is 1.31 bits per heavy atom. The van der Waals surface area contributed by atoms with E-state index in [2.05, 4.69) is 19.2 Å². The minimum atomic E-state index is -0.841. The van der Waals surface area contributed by atoms with Gasteiger partial charge in [-0.15, -0.1) is 0 Å². The SMILES string of the molecule is CCCCC(CC)CN/C(C)=C(/C)C(=O)O. The van der Waals surface area contributed by atoms with Gasteiger partial charge in [0.05, 0.1) is 5.57 Å². The molecule has 3 nitrogen and oxygen atoms in total. The molecule has 0 spiro atoms. The summed E-state index contributed by atoms with van der Waals surface area (Å²) >= 11 is 0. The van der Waals surface area contributed by atoms with Crippen molar-refractivity contribution >= 4 is 5.97 Å². The summed E-state index contributed by atoms with van der Waals surface area (Å²) in [6.45, 7) is 8.73. The van der Waals surface area contributed by atoms with Crippen LogP contribution in [0, 0.1) is 5.92 Å². The highest BCUT2D eigenvalue weighted by atomic mass is 16.4. The molecule has 0 aromatic carbocycles. The Bertz CT molecular complexity index is 246. The summed E-state index contributed by atoms with van der Waals surface area (Å²) in [5.41, 5.74) is 1.19. The fraction of sp³-hybridized carbons (Fsp3) is 0.769. The van der Waals surface area contributed by atoms with Crippen LogP contribution in [0.3, 0.4) is 0 Å². The summed E-state index contributed by atoms with van der Waals surface area (Å²) < 4.78 is 0. The van der Waals surface area contributed by atoms with Crippen LogP contribution in [0.5, 0.6) is 0 Å². The first-order valence-electron chi connectivity index (χ1n) is 6.17. The van der Waals surface area contributed by atoms with Gasteiger partial charge in [-0.1, -0.05) is 33.1 Å². The van der Waals surface area contributed by atoms with Gasteiger partial charge in [-0.2, -0.15) is 0 Å². The average Bonchev–Trinajstić information content (AvgIpc) is 2.27. The van der Waals surface area contributed by atoms with Crippen LogP contribution in [0.25, 0.3) is 0 Å². The number of carboxylic acids is 1. The minimum absolute atomic E-state index is 0.408. The van der Waals surface area contributed by atoms with Crippen molar-refractivity contribution in [3.8, 4) is 0 Å². The van der Waals surface area contributed by atoms with Crippen LogP contribution in [0.15, 0.2) is 11.3 Å². The fourth-order valence-corrected chi connectivity index (χ4v) is 1.53. The monoisotopic (exact) mass is 227 g/mol. The van der Waals surface area contributed by atoms with Crippen molar-refractivity contribution in [1.29, 1.82) is 0 Å². The van der Waals surface area contributed by atoms with Gasteiger partial charge in [-0.05, 0) is 26.2 Å². The van der Waals surface area contributed by atoms with Gasteiger partial charge in [0.15, 0.2) is 0 Å². The summed E-state index contributed by atoms with van der Waals surface area (Å²) in [6, 6.07) is 0. The molecule has 0 saturated heterocycles. The zero-order chi connectivity index (χ0) is 12.6. The van der Waals surface area contributed by atoms with Crippen molar-refractivity contribution in [2.75, 3.05) is 6.54 Å². The van der Waals surface area contributed by atoms with Gasteiger partial charge in [0.1, 0.15) is 0 Å². The van der Waals surface area contributed by atoms with Gasteiger partial charge in [-0.25, -0.2) is 4.79 Å². The lowest BCUT2D eigenvalue weighted by atomic mass is 9.99. The van der Waals surface area contributed by atoms with Crippen molar-refractivity contribution < 1.29 is 9.90 Å². The molecule has 1 unspecified atom stereocenters. The first kappa shape index (κ1) is 15.0. The molecule has 2 N–H and O–H groups in total. The second-order valence-corrected chi connectivity index (χ2v) is 4.35. The zero-order valence-electron chi connectivity index (χ0n) is 11.0. The lowest BCUT2D eigenvalue weighted by Gasteiger charge is -2.17. The van der Waals surface area contributed by atoms with Crippen molar-refractivity contribution in [3.05, 3.63) is 11.3 Å². The molecule has 0 amide bonds. The van der Waals surface area contributed by atoms with E-state index in [-0.39, 0.29) is 0 Å². The molecule has 0 heterocycles. The van der Waals surface area contributed by atoms with E-state index in [0.717, 1.165) is 18.7 Å². The fourth-order valence-electron chi connectivity index (χ4n) is 1.53. The summed E-state index contributed by atoms with van der Waals surface area (Å²) in [5, 5.41) is 12.0. The summed E-state index contributed by atoms with van der Waals surface area (Å²) in [7, 11) is 0. The van der Waals surface area contributed by atoms with Gasteiger partial charge in [0.25, 0.3) is 0 Å². The molecule has 0 aromatic heterocycles. The maximum absolute atomic E-state index is 10.7. The molecule has 0 radical (unpaired) electrons. The molecule has 0 aliphatic heterocycles. The maximum atomic E-state index is 10.7. The second kappa shape index (κ2) is 8.20. The number of unbranched alkanes of at least 4 members (excludes halogenated alkanes) is 1. The van der Waals surface area contributed by atoms with E-state index in [1.54, 1.807) is 6.92 Å². The molecule has 16 heavy (non-hydrogen) atoms. The third kappa shape index (κ3) is 5.79. The smallest absolute Gasteiger partial charge is 0.333 e. The van der Waals surface area contributed by atoms with Crippen molar-refractivity contribution in [3.63, 3.8) is 0 Å². The highest BCUT2D eigenvalue weighted by Crippen LogP contribution is 2.12. The number of rotatable bonds is 8. The molecule has 0 fully saturated rings. The van der Waals surface area contributed by atoms with Gasteiger partial charge >= 0.3 is 5.97 Å². The van der Waals surface area contributed by atoms with Crippen LogP contribution >= 0.6 is 0 Å². The highest BCUT2D eigenvalue weighted by molar-refractivity contribution is 5.86. The predicted octanol–water partition coefficient (Wildman–Crippen LogP) is 3.17. The van der Waals surface area contributed by atoms with Gasteiger partial charge in [0.2, 0.25) is 0 Å². The Balaban J connectivity index is 4.10. The molecular formula is C13H25NO2. The van der Waals surface area contributed by atoms with Crippen LogP contribution in [-0.4, -0.2) is 17.6 Å². The van der Waals surface area contributed by atoms with Crippen LogP contribution in [0.1, 0.15) is 53.4 Å².